The van der Waals surface area contributed by atoms with E-state index in [-0.39, 0.29) is 0 Å². The first kappa shape index (κ1) is 16.1. The number of ether oxygens (including phenoxy) is 1. The van der Waals surface area contributed by atoms with Gasteiger partial charge in [-0.15, -0.1) is 0 Å². The van der Waals surface area contributed by atoms with Gasteiger partial charge in [-0.1, -0.05) is 0 Å². The highest BCUT2D eigenvalue weighted by molar-refractivity contribution is 5.91. The molecular weight excluding hydrogens is 340 g/mol. The molecule has 27 heavy (non-hydrogen) atoms. The Morgan fingerprint density at radius 3 is 2.74 bits per heavy atom. The summed E-state index contributed by atoms with van der Waals surface area (Å²) in [6.07, 6.45) is 5.58. The molecule has 1 aromatic carbocycles. The molecule has 7 heteroatoms. The van der Waals surface area contributed by atoms with E-state index in [0.29, 0.717) is 5.88 Å². The molecule has 0 saturated carbocycles. The number of H-pyrrole nitrogens is 1. The number of aromatic amines is 1. The number of imidazole rings is 1. The van der Waals surface area contributed by atoms with Gasteiger partial charge in [-0.05, 0) is 31.3 Å². The minimum atomic E-state index is 0.576. The van der Waals surface area contributed by atoms with E-state index in [4.69, 9.17) is 4.74 Å². The molecule has 1 aliphatic heterocycles. The Balaban J connectivity index is 1.61. The molecule has 0 radical (unpaired) electrons. The molecule has 0 amide bonds. The number of anilines is 1. The van der Waals surface area contributed by atoms with Crippen molar-refractivity contribution in [1.29, 1.82) is 0 Å². The molecule has 0 spiro atoms. The van der Waals surface area contributed by atoms with Crippen molar-refractivity contribution in [2.45, 2.75) is 0 Å². The Kier molecular flexibility index (Phi) is 3.75. The third-order valence-electron chi connectivity index (χ3n) is 5.37. The van der Waals surface area contributed by atoms with Gasteiger partial charge in [-0.2, -0.15) is 0 Å². The fourth-order valence-corrected chi connectivity index (χ4v) is 3.80. The lowest BCUT2D eigenvalue weighted by molar-refractivity contribution is 0.313. The number of rotatable bonds is 3. The third kappa shape index (κ3) is 2.62. The van der Waals surface area contributed by atoms with E-state index in [1.807, 2.05) is 29.4 Å². The van der Waals surface area contributed by atoms with Gasteiger partial charge in [0.1, 0.15) is 12.0 Å². The SMILES string of the molecule is COc1ncc2cc[nH]c2c1-n1cnc2cc(N3CCN(C)CC3)ccc21. The normalized spacial score (nSPS) is 15.7. The first-order valence-electron chi connectivity index (χ1n) is 9.15. The first-order valence-corrected chi connectivity index (χ1v) is 9.15. The van der Waals surface area contributed by atoms with Crippen molar-refractivity contribution in [2.24, 2.45) is 0 Å². The van der Waals surface area contributed by atoms with Crippen LogP contribution in [0.25, 0.3) is 27.6 Å². The summed E-state index contributed by atoms with van der Waals surface area (Å²) in [5.41, 5.74) is 5.11. The number of hydrogen-bond donors (Lipinski definition) is 1. The van der Waals surface area contributed by atoms with Crippen LogP contribution >= 0.6 is 0 Å². The predicted molar refractivity (Wildman–Crippen MR) is 107 cm³/mol. The molecule has 0 unspecified atom stereocenters. The van der Waals surface area contributed by atoms with Gasteiger partial charge < -0.3 is 19.5 Å². The van der Waals surface area contributed by atoms with E-state index >= 15 is 0 Å². The summed E-state index contributed by atoms with van der Waals surface area (Å²) < 4.78 is 7.58. The van der Waals surface area contributed by atoms with Gasteiger partial charge in [0.15, 0.2) is 0 Å². The van der Waals surface area contributed by atoms with Gasteiger partial charge in [-0.25, -0.2) is 9.97 Å². The van der Waals surface area contributed by atoms with Crippen LogP contribution in [0.4, 0.5) is 5.69 Å². The van der Waals surface area contributed by atoms with Crippen molar-refractivity contribution in [2.75, 3.05) is 45.2 Å². The lowest BCUT2D eigenvalue weighted by Crippen LogP contribution is -2.44. The Morgan fingerprint density at radius 2 is 1.93 bits per heavy atom. The van der Waals surface area contributed by atoms with Crippen LogP contribution in [0, 0.1) is 0 Å². The Bertz CT molecular complexity index is 1110. The number of aromatic nitrogens is 4. The lowest BCUT2D eigenvalue weighted by Gasteiger charge is -2.34. The summed E-state index contributed by atoms with van der Waals surface area (Å²) in [6.45, 7) is 4.26. The number of nitrogens with one attached hydrogen (secondary N) is 1. The molecule has 4 heterocycles. The second-order valence-corrected chi connectivity index (χ2v) is 7.00. The van der Waals surface area contributed by atoms with E-state index in [1.54, 1.807) is 7.11 Å². The van der Waals surface area contributed by atoms with Crippen LogP contribution in [-0.2, 0) is 0 Å². The number of likely N-dealkylation sites (N-methyl/N-ethyl adjacent to an activating group) is 1. The number of methoxy groups -OCH3 is 1. The van der Waals surface area contributed by atoms with Crippen LogP contribution in [0.5, 0.6) is 5.88 Å². The summed E-state index contributed by atoms with van der Waals surface area (Å²) >= 11 is 0. The molecule has 1 fully saturated rings. The maximum Gasteiger partial charge on any atom is 0.240 e. The van der Waals surface area contributed by atoms with Crippen molar-refractivity contribution >= 4 is 27.6 Å². The highest BCUT2D eigenvalue weighted by Crippen LogP contribution is 2.32. The quantitative estimate of drug-likeness (QED) is 0.607. The van der Waals surface area contributed by atoms with Crippen LogP contribution < -0.4 is 9.64 Å². The lowest BCUT2D eigenvalue weighted by atomic mass is 10.2. The molecule has 3 aromatic heterocycles. The second kappa shape index (κ2) is 6.28. The third-order valence-corrected chi connectivity index (χ3v) is 5.37. The van der Waals surface area contributed by atoms with E-state index in [1.165, 1.54) is 5.69 Å². The maximum atomic E-state index is 5.53. The molecule has 0 aliphatic carbocycles. The average molecular weight is 362 g/mol. The fourth-order valence-electron chi connectivity index (χ4n) is 3.80. The average Bonchev–Trinajstić information content (AvgIpc) is 3.34. The summed E-state index contributed by atoms with van der Waals surface area (Å²) in [7, 11) is 3.82. The van der Waals surface area contributed by atoms with Crippen molar-refractivity contribution in [3.63, 3.8) is 0 Å². The predicted octanol–water partition coefficient (Wildman–Crippen LogP) is 2.66. The largest absolute Gasteiger partial charge is 0.479 e. The van der Waals surface area contributed by atoms with E-state index in [0.717, 1.165) is 53.8 Å². The van der Waals surface area contributed by atoms with Crippen molar-refractivity contribution in [1.82, 2.24) is 24.4 Å². The minimum Gasteiger partial charge on any atom is -0.479 e. The van der Waals surface area contributed by atoms with Crippen LogP contribution in [0.15, 0.2) is 43.0 Å². The number of benzene rings is 1. The van der Waals surface area contributed by atoms with Gasteiger partial charge in [0.25, 0.3) is 0 Å². The van der Waals surface area contributed by atoms with Crippen molar-refractivity contribution in [3.05, 3.63) is 43.0 Å². The van der Waals surface area contributed by atoms with Crippen LogP contribution in [0.2, 0.25) is 0 Å². The monoisotopic (exact) mass is 362 g/mol. The summed E-state index contributed by atoms with van der Waals surface area (Å²) in [4.78, 5) is 17.2. The van der Waals surface area contributed by atoms with Gasteiger partial charge in [-0.3, -0.25) is 4.57 Å². The minimum absolute atomic E-state index is 0.576. The van der Waals surface area contributed by atoms with Crippen molar-refractivity contribution < 1.29 is 4.74 Å². The number of fused-ring (bicyclic) bond motifs is 2. The standard InChI is InChI=1S/C20H22N6O/c1-24-7-9-25(10-8-24)15-3-4-17-16(11-15)23-13-26(17)19-18-14(5-6-21-18)12-22-20(19)27-2/h3-6,11-13,21H,7-10H2,1-2H3. The van der Waals surface area contributed by atoms with Gasteiger partial charge in [0.05, 0.1) is 23.7 Å². The van der Waals surface area contributed by atoms with Crippen molar-refractivity contribution in [3.8, 4) is 11.6 Å². The number of pyridine rings is 1. The smallest absolute Gasteiger partial charge is 0.240 e. The van der Waals surface area contributed by atoms with E-state index in [2.05, 4.69) is 50.0 Å². The zero-order chi connectivity index (χ0) is 18.4. The summed E-state index contributed by atoms with van der Waals surface area (Å²) in [6, 6.07) is 8.50. The zero-order valence-corrected chi connectivity index (χ0v) is 15.5. The highest BCUT2D eigenvalue weighted by atomic mass is 16.5. The Labute approximate surface area is 157 Å². The fraction of sp³-hybridized carbons (Fsp3) is 0.300. The summed E-state index contributed by atoms with van der Waals surface area (Å²) in [5.74, 6) is 0.576. The molecule has 138 valence electrons. The highest BCUT2D eigenvalue weighted by Gasteiger charge is 2.18. The zero-order valence-electron chi connectivity index (χ0n) is 15.5. The van der Waals surface area contributed by atoms with Crippen LogP contribution in [0.3, 0.4) is 0 Å². The first-order chi connectivity index (χ1) is 13.2. The molecule has 4 aromatic rings. The number of nitrogens with zero attached hydrogens (tertiary/aromatic N) is 5. The topological polar surface area (TPSA) is 62.2 Å². The molecule has 0 atom stereocenters. The van der Waals surface area contributed by atoms with Crippen LogP contribution in [0.1, 0.15) is 0 Å². The Hall–Kier alpha value is -3.06. The summed E-state index contributed by atoms with van der Waals surface area (Å²) in [5, 5.41) is 1.04. The van der Waals surface area contributed by atoms with Crippen LogP contribution in [-0.4, -0.2) is 64.8 Å². The molecular formula is C20H22N6O. The molecule has 0 bridgehead atoms. The van der Waals surface area contributed by atoms with E-state index in [9.17, 15) is 0 Å². The van der Waals surface area contributed by atoms with Gasteiger partial charge >= 0.3 is 0 Å². The molecule has 1 aliphatic rings. The number of piperazine rings is 1. The molecule has 7 nitrogen and oxygen atoms in total. The maximum absolute atomic E-state index is 5.53. The Morgan fingerprint density at radius 1 is 1.07 bits per heavy atom. The van der Waals surface area contributed by atoms with Gasteiger partial charge in [0, 0.05) is 49.6 Å². The second-order valence-electron chi connectivity index (χ2n) is 7.00. The number of hydrogen-bond acceptors (Lipinski definition) is 5. The molecule has 1 saturated heterocycles. The molecule has 1 N–H and O–H groups in total. The van der Waals surface area contributed by atoms with Gasteiger partial charge in [0.2, 0.25) is 5.88 Å². The van der Waals surface area contributed by atoms with E-state index < -0.39 is 0 Å². The molecule has 5 rings (SSSR count).